The fraction of sp³-hybridized carbons (Fsp3) is 0.269. The van der Waals surface area contributed by atoms with Crippen molar-refractivity contribution in [1.29, 1.82) is 0 Å². The van der Waals surface area contributed by atoms with Crippen molar-refractivity contribution in [3.8, 4) is 17.2 Å². The number of nitrogens with zero attached hydrogens (tertiary/aromatic N) is 2. The third-order valence-corrected chi connectivity index (χ3v) is 5.54. The maximum atomic E-state index is 13.3. The van der Waals surface area contributed by atoms with Crippen LogP contribution in [0, 0.1) is 6.92 Å². The van der Waals surface area contributed by atoms with Crippen LogP contribution in [0.1, 0.15) is 36.8 Å². The molecule has 35 heavy (non-hydrogen) atoms. The molecule has 1 aromatic heterocycles. The lowest BCUT2D eigenvalue weighted by molar-refractivity contribution is -0.132. The Hall–Kier alpha value is -4.27. The Balaban J connectivity index is 1.93. The number of hydrogen-bond acceptors (Lipinski definition) is 8. The minimum absolute atomic E-state index is 0.0220. The molecule has 0 radical (unpaired) electrons. The molecule has 9 heteroatoms. The minimum Gasteiger partial charge on any atom is -0.507 e. The van der Waals surface area contributed by atoms with Gasteiger partial charge in [-0.25, -0.2) is 0 Å². The van der Waals surface area contributed by atoms with E-state index in [1.807, 2.05) is 13.8 Å². The lowest BCUT2D eigenvalue weighted by Gasteiger charge is -2.24. The van der Waals surface area contributed by atoms with Crippen molar-refractivity contribution in [2.45, 2.75) is 32.9 Å². The maximum absolute atomic E-state index is 13.3. The Morgan fingerprint density at radius 3 is 2.29 bits per heavy atom. The quantitative estimate of drug-likeness (QED) is 0.302. The first-order valence-electron chi connectivity index (χ1n) is 11.0. The number of carbonyl (C=O) groups is 2. The maximum Gasteiger partial charge on any atom is 0.301 e. The molecule has 1 atom stereocenters. The number of anilines is 1. The molecule has 1 fully saturated rings. The topological polar surface area (TPSA) is 111 Å². The number of Topliss-reactive ketones (excluding diaryl/α,β-unsaturated/α-hetero) is 1. The molecule has 1 N–H and O–H groups in total. The van der Waals surface area contributed by atoms with E-state index in [0.717, 1.165) is 0 Å². The van der Waals surface area contributed by atoms with Gasteiger partial charge in [0.1, 0.15) is 34.8 Å². The van der Waals surface area contributed by atoms with Gasteiger partial charge < -0.3 is 23.8 Å². The van der Waals surface area contributed by atoms with E-state index in [1.165, 1.54) is 19.1 Å². The van der Waals surface area contributed by atoms with E-state index < -0.39 is 17.7 Å². The number of aryl methyl sites for hydroxylation is 1. The Bertz CT molecular complexity index is 1290. The predicted octanol–water partition coefficient (Wildman–Crippen LogP) is 4.41. The lowest BCUT2D eigenvalue weighted by atomic mass is 9.94. The summed E-state index contributed by atoms with van der Waals surface area (Å²) in [6, 6.07) is 12.1. The highest BCUT2D eigenvalue weighted by Crippen LogP contribution is 2.45. The Morgan fingerprint density at radius 2 is 1.71 bits per heavy atom. The summed E-state index contributed by atoms with van der Waals surface area (Å²) in [5.41, 5.74) is 0.676. The van der Waals surface area contributed by atoms with Crippen molar-refractivity contribution >= 4 is 23.3 Å². The fourth-order valence-corrected chi connectivity index (χ4v) is 4.00. The standard InChI is InChI=1S/C26H26N2O7/c1-14(2)34-17-8-6-16(7-9-17)24(29)22-23(19-13-18(32-4)10-11-20(19)33-5)28(26(31)25(22)30)21-12-15(3)35-27-21/h6-14,23,29H,1-5H3/b24-22+. The van der Waals surface area contributed by atoms with Gasteiger partial charge in [0.2, 0.25) is 0 Å². The van der Waals surface area contributed by atoms with E-state index in [0.29, 0.717) is 34.1 Å². The van der Waals surface area contributed by atoms with Crippen molar-refractivity contribution in [3.63, 3.8) is 0 Å². The summed E-state index contributed by atoms with van der Waals surface area (Å²) in [5, 5.41) is 15.2. The molecule has 2 heterocycles. The van der Waals surface area contributed by atoms with Gasteiger partial charge in [-0.2, -0.15) is 0 Å². The zero-order valence-corrected chi connectivity index (χ0v) is 20.1. The number of aliphatic hydroxyl groups is 1. The van der Waals surface area contributed by atoms with E-state index in [-0.39, 0.29) is 23.3 Å². The highest BCUT2D eigenvalue weighted by molar-refractivity contribution is 6.51. The van der Waals surface area contributed by atoms with Crippen LogP contribution in [0.25, 0.3) is 5.76 Å². The van der Waals surface area contributed by atoms with Gasteiger partial charge >= 0.3 is 5.91 Å². The van der Waals surface area contributed by atoms with Crippen molar-refractivity contribution in [2.75, 3.05) is 19.1 Å². The first-order valence-corrected chi connectivity index (χ1v) is 11.0. The average molecular weight is 479 g/mol. The zero-order valence-electron chi connectivity index (χ0n) is 20.1. The monoisotopic (exact) mass is 478 g/mol. The second kappa shape index (κ2) is 9.54. The molecule has 0 spiro atoms. The Labute approximate surface area is 202 Å². The van der Waals surface area contributed by atoms with Crippen LogP contribution in [0.15, 0.2) is 58.6 Å². The zero-order chi connectivity index (χ0) is 25.3. The number of ether oxygens (including phenoxy) is 3. The third kappa shape index (κ3) is 4.44. The molecule has 3 aromatic rings. The SMILES string of the molecule is COc1ccc(OC)c(C2/C(=C(\O)c3ccc(OC(C)C)cc3)C(=O)C(=O)N2c2cc(C)on2)c1. The summed E-state index contributed by atoms with van der Waals surface area (Å²) in [4.78, 5) is 27.7. The van der Waals surface area contributed by atoms with Gasteiger partial charge in [-0.05, 0) is 63.2 Å². The summed E-state index contributed by atoms with van der Waals surface area (Å²) in [6.45, 7) is 5.49. The van der Waals surface area contributed by atoms with Crippen LogP contribution in [0.5, 0.6) is 17.2 Å². The lowest BCUT2D eigenvalue weighted by Crippen LogP contribution is -2.30. The predicted molar refractivity (Wildman–Crippen MR) is 128 cm³/mol. The summed E-state index contributed by atoms with van der Waals surface area (Å²) in [7, 11) is 2.98. The van der Waals surface area contributed by atoms with E-state index in [1.54, 1.807) is 55.5 Å². The Kier molecular flexibility index (Phi) is 6.50. The van der Waals surface area contributed by atoms with Gasteiger partial charge in [0.15, 0.2) is 5.82 Å². The normalized spacial score (nSPS) is 17.2. The molecule has 0 bridgehead atoms. The van der Waals surface area contributed by atoms with Crippen LogP contribution in [-0.2, 0) is 9.59 Å². The molecule has 9 nitrogen and oxygen atoms in total. The molecule has 0 aliphatic carbocycles. The molecule has 1 aliphatic heterocycles. The largest absolute Gasteiger partial charge is 0.507 e. The second-order valence-corrected chi connectivity index (χ2v) is 8.26. The first kappa shape index (κ1) is 23.9. The number of hydrogen-bond donors (Lipinski definition) is 1. The van der Waals surface area contributed by atoms with Gasteiger partial charge in [-0.15, -0.1) is 0 Å². The van der Waals surface area contributed by atoms with Crippen LogP contribution < -0.4 is 19.1 Å². The highest BCUT2D eigenvalue weighted by Gasteiger charge is 2.49. The molecule has 4 rings (SSSR count). The molecular weight excluding hydrogens is 452 g/mol. The summed E-state index contributed by atoms with van der Waals surface area (Å²) >= 11 is 0. The van der Waals surface area contributed by atoms with Crippen molar-refractivity contribution in [1.82, 2.24) is 5.16 Å². The van der Waals surface area contributed by atoms with Crippen molar-refractivity contribution in [2.24, 2.45) is 0 Å². The van der Waals surface area contributed by atoms with Crippen LogP contribution in [0.4, 0.5) is 5.82 Å². The minimum atomic E-state index is -1.05. The van der Waals surface area contributed by atoms with Gasteiger partial charge in [-0.3, -0.25) is 14.5 Å². The number of ketones is 1. The van der Waals surface area contributed by atoms with Gasteiger partial charge in [0.25, 0.3) is 5.78 Å². The van der Waals surface area contributed by atoms with Crippen LogP contribution in [0.2, 0.25) is 0 Å². The van der Waals surface area contributed by atoms with Gasteiger partial charge in [0, 0.05) is 17.2 Å². The Morgan fingerprint density at radius 1 is 1.03 bits per heavy atom. The number of benzene rings is 2. The first-order chi connectivity index (χ1) is 16.7. The number of aliphatic hydroxyl groups excluding tert-OH is 1. The molecule has 2 aromatic carbocycles. The molecule has 1 unspecified atom stereocenters. The fourth-order valence-electron chi connectivity index (χ4n) is 4.00. The molecule has 1 saturated heterocycles. The van der Waals surface area contributed by atoms with E-state index in [9.17, 15) is 14.7 Å². The summed E-state index contributed by atoms with van der Waals surface area (Å²) in [5.74, 6) is 0.0405. The van der Waals surface area contributed by atoms with E-state index >= 15 is 0 Å². The van der Waals surface area contributed by atoms with Crippen LogP contribution in [-0.4, -0.2) is 42.3 Å². The molecular formula is C26H26N2O7. The number of rotatable bonds is 7. The number of carbonyl (C=O) groups excluding carboxylic acids is 2. The van der Waals surface area contributed by atoms with E-state index in [2.05, 4.69) is 5.16 Å². The second-order valence-electron chi connectivity index (χ2n) is 8.26. The molecule has 1 amide bonds. The van der Waals surface area contributed by atoms with Gasteiger partial charge in [-0.1, -0.05) is 5.16 Å². The van der Waals surface area contributed by atoms with E-state index in [4.69, 9.17) is 18.7 Å². The third-order valence-electron chi connectivity index (χ3n) is 5.54. The van der Waals surface area contributed by atoms with Crippen molar-refractivity contribution < 1.29 is 33.4 Å². The van der Waals surface area contributed by atoms with Crippen LogP contribution >= 0.6 is 0 Å². The highest BCUT2D eigenvalue weighted by atomic mass is 16.5. The molecule has 182 valence electrons. The summed E-state index contributed by atoms with van der Waals surface area (Å²) in [6.07, 6.45) is -0.0220. The number of aromatic nitrogens is 1. The molecule has 1 aliphatic rings. The van der Waals surface area contributed by atoms with Gasteiger partial charge in [0.05, 0.1) is 25.9 Å². The number of amides is 1. The average Bonchev–Trinajstić information content (AvgIpc) is 3.38. The smallest absolute Gasteiger partial charge is 0.301 e. The molecule has 0 saturated carbocycles. The van der Waals surface area contributed by atoms with Crippen LogP contribution in [0.3, 0.4) is 0 Å². The van der Waals surface area contributed by atoms with Crippen molar-refractivity contribution in [3.05, 3.63) is 71.0 Å². The summed E-state index contributed by atoms with van der Waals surface area (Å²) < 4.78 is 21.7. The number of methoxy groups -OCH3 is 2.